The van der Waals surface area contributed by atoms with Gasteiger partial charge in [-0.15, -0.1) is 11.3 Å². The van der Waals surface area contributed by atoms with Gasteiger partial charge in [-0.25, -0.2) is 8.42 Å². The molecule has 0 bridgehead atoms. The van der Waals surface area contributed by atoms with Crippen molar-refractivity contribution in [3.05, 3.63) is 28.7 Å². The van der Waals surface area contributed by atoms with E-state index in [2.05, 4.69) is 10.1 Å². The summed E-state index contributed by atoms with van der Waals surface area (Å²) in [6.45, 7) is 1.22. The molecule has 0 aromatic carbocycles. The third-order valence-corrected chi connectivity index (χ3v) is 8.73. The van der Waals surface area contributed by atoms with E-state index in [-0.39, 0.29) is 0 Å². The zero-order valence-corrected chi connectivity index (χ0v) is 16.3. The van der Waals surface area contributed by atoms with E-state index in [4.69, 9.17) is 10.3 Å². The number of nitrogens with zero attached hydrogens (tertiary/aromatic N) is 3. The molecule has 2 aromatic rings. The highest BCUT2D eigenvalue weighted by Crippen LogP contribution is 2.35. The molecule has 2 aliphatic rings. The van der Waals surface area contributed by atoms with Crippen LogP contribution in [0.2, 0.25) is 0 Å². The summed E-state index contributed by atoms with van der Waals surface area (Å²) in [5.41, 5.74) is 5.89. The fraction of sp³-hybridized carbons (Fsp3) is 0.647. The summed E-state index contributed by atoms with van der Waals surface area (Å²) < 4.78 is 32.8. The Labute approximate surface area is 157 Å². The summed E-state index contributed by atoms with van der Waals surface area (Å²) in [5, 5.41) is 4.06. The predicted octanol–water partition coefficient (Wildman–Crippen LogP) is 2.62. The normalized spacial score (nSPS) is 21.3. The van der Waals surface area contributed by atoms with Gasteiger partial charge in [-0.3, -0.25) is 0 Å². The molecule has 2 aromatic heterocycles. The van der Waals surface area contributed by atoms with Crippen LogP contribution in [0.3, 0.4) is 0 Å². The molecule has 1 saturated carbocycles. The SMILES string of the molecule is NC1(c2noc(Cc3ccc(S(=O)(=O)N4CCCCC4)s3)n2)CCCC1. The molecular weight excluding hydrogens is 372 g/mol. The lowest BCUT2D eigenvalue weighted by molar-refractivity contribution is 0.347. The highest BCUT2D eigenvalue weighted by Gasteiger charge is 2.36. The van der Waals surface area contributed by atoms with Gasteiger partial charge in [0.25, 0.3) is 10.0 Å². The van der Waals surface area contributed by atoms with Crippen LogP contribution in [0.5, 0.6) is 0 Å². The van der Waals surface area contributed by atoms with E-state index in [0.29, 0.717) is 35.4 Å². The van der Waals surface area contributed by atoms with E-state index in [0.717, 1.165) is 49.8 Å². The zero-order chi connectivity index (χ0) is 18.2. The van der Waals surface area contributed by atoms with Crippen LogP contribution < -0.4 is 5.73 Å². The van der Waals surface area contributed by atoms with E-state index >= 15 is 0 Å². The summed E-state index contributed by atoms with van der Waals surface area (Å²) in [5.74, 6) is 1.06. The summed E-state index contributed by atoms with van der Waals surface area (Å²) in [4.78, 5) is 5.36. The van der Waals surface area contributed by atoms with Crippen molar-refractivity contribution in [3.8, 4) is 0 Å². The van der Waals surface area contributed by atoms with Gasteiger partial charge in [0, 0.05) is 18.0 Å². The number of thiophene rings is 1. The highest BCUT2D eigenvalue weighted by molar-refractivity contribution is 7.91. The van der Waals surface area contributed by atoms with Crippen molar-refractivity contribution in [2.75, 3.05) is 13.1 Å². The molecule has 0 unspecified atom stereocenters. The Balaban J connectivity index is 1.48. The molecule has 7 nitrogen and oxygen atoms in total. The van der Waals surface area contributed by atoms with Crippen molar-refractivity contribution in [3.63, 3.8) is 0 Å². The average Bonchev–Trinajstić information content (AvgIpc) is 3.38. The lowest BCUT2D eigenvalue weighted by atomic mass is 9.99. The van der Waals surface area contributed by atoms with Crippen LogP contribution in [-0.4, -0.2) is 36.0 Å². The minimum Gasteiger partial charge on any atom is -0.339 e. The number of aromatic nitrogens is 2. The second-order valence-electron chi connectivity index (χ2n) is 7.24. The molecule has 1 saturated heterocycles. The molecule has 26 heavy (non-hydrogen) atoms. The fourth-order valence-corrected chi connectivity index (χ4v) is 6.75. The van der Waals surface area contributed by atoms with Gasteiger partial charge in [0.05, 0.1) is 12.0 Å². The van der Waals surface area contributed by atoms with E-state index in [1.807, 2.05) is 6.07 Å². The van der Waals surface area contributed by atoms with Crippen molar-refractivity contribution in [2.24, 2.45) is 5.73 Å². The van der Waals surface area contributed by atoms with E-state index < -0.39 is 15.6 Å². The Morgan fingerprint density at radius 2 is 1.88 bits per heavy atom. The smallest absolute Gasteiger partial charge is 0.252 e. The van der Waals surface area contributed by atoms with Crippen LogP contribution in [-0.2, 0) is 22.0 Å². The van der Waals surface area contributed by atoms with Crippen molar-refractivity contribution in [1.82, 2.24) is 14.4 Å². The van der Waals surface area contributed by atoms with Crippen molar-refractivity contribution >= 4 is 21.4 Å². The first-order chi connectivity index (χ1) is 12.5. The van der Waals surface area contributed by atoms with Crippen LogP contribution in [0.1, 0.15) is 61.5 Å². The molecule has 0 amide bonds. The number of hydrogen-bond donors (Lipinski definition) is 1. The molecule has 3 heterocycles. The fourth-order valence-electron chi connectivity index (χ4n) is 3.73. The van der Waals surface area contributed by atoms with Crippen molar-refractivity contribution in [1.29, 1.82) is 0 Å². The van der Waals surface area contributed by atoms with Crippen LogP contribution in [0.15, 0.2) is 20.9 Å². The second kappa shape index (κ2) is 7.03. The Hall–Kier alpha value is -1.29. The van der Waals surface area contributed by atoms with Crippen LogP contribution in [0, 0.1) is 0 Å². The number of piperidine rings is 1. The number of rotatable bonds is 5. The molecule has 0 atom stereocenters. The summed E-state index contributed by atoms with van der Waals surface area (Å²) >= 11 is 1.28. The van der Waals surface area contributed by atoms with Crippen LogP contribution in [0.25, 0.3) is 0 Å². The van der Waals surface area contributed by atoms with Gasteiger partial charge in [0.2, 0.25) is 5.89 Å². The molecule has 142 valence electrons. The van der Waals surface area contributed by atoms with Crippen molar-refractivity contribution in [2.45, 2.75) is 61.1 Å². The Morgan fingerprint density at radius 3 is 2.62 bits per heavy atom. The molecule has 0 radical (unpaired) electrons. The third kappa shape index (κ3) is 3.45. The molecule has 0 spiro atoms. The Morgan fingerprint density at radius 1 is 1.15 bits per heavy atom. The molecule has 4 rings (SSSR count). The maximum atomic E-state index is 12.7. The van der Waals surface area contributed by atoms with Gasteiger partial charge in [-0.05, 0) is 37.8 Å². The first kappa shape index (κ1) is 18.1. The first-order valence-electron chi connectivity index (χ1n) is 9.18. The molecular formula is C17H24N4O3S2. The molecule has 2 fully saturated rings. The minimum atomic E-state index is -3.39. The van der Waals surface area contributed by atoms with Crippen LogP contribution >= 0.6 is 11.3 Å². The predicted molar refractivity (Wildman–Crippen MR) is 98.4 cm³/mol. The lowest BCUT2D eigenvalue weighted by Gasteiger charge is -2.25. The zero-order valence-electron chi connectivity index (χ0n) is 14.7. The molecule has 9 heteroatoms. The van der Waals surface area contributed by atoms with Gasteiger partial charge in [0.1, 0.15) is 4.21 Å². The number of nitrogens with two attached hydrogens (primary N) is 1. The van der Waals surface area contributed by atoms with Gasteiger partial charge in [-0.2, -0.15) is 9.29 Å². The lowest BCUT2D eigenvalue weighted by Crippen LogP contribution is -2.35. The summed E-state index contributed by atoms with van der Waals surface area (Å²) in [7, 11) is -3.39. The van der Waals surface area contributed by atoms with E-state index in [1.165, 1.54) is 11.3 Å². The maximum absolute atomic E-state index is 12.7. The van der Waals surface area contributed by atoms with Gasteiger partial charge >= 0.3 is 0 Å². The number of sulfonamides is 1. The molecule has 1 aliphatic carbocycles. The minimum absolute atomic E-state index is 0.389. The van der Waals surface area contributed by atoms with Crippen LogP contribution in [0.4, 0.5) is 0 Å². The summed E-state index contributed by atoms with van der Waals surface area (Å²) in [6.07, 6.45) is 7.33. The van der Waals surface area contributed by atoms with Crippen molar-refractivity contribution < 1.29 is 12.9 Å². The monoisotopic (exact) mass is 396 g/mol. The largest absolute Gasteiger partial charge is 0.339 e. The second-order valence-corrected chi connectivity index (χ2v) is 10.6. The topological polar surface area (TPSA) is 102 Å². The highest BCUT2D eigenvalue weighted by atomic mass is 32.2. The van der Waals surface area contributed by atoms with E-state index in [9.17, 15) is 8.42 Å². The van der Waals surface area contributed by atoms with Gasteiger partial charge < -0.3 is 10.3 Å². The summed E-state index contributed by atoms with van der Waals surface area (Å²) in [6, 6.07) is 3.52. The quantitative estimate of drug-likeness (QED) is 0.833. The van der Waals surface area contributed by atoms with Gasteiger partial charge in [-0.1, -0.05) is 24.4 Å². The standard InChI is InChI=1S/C17H24N4O3S2/c18-17(8-2-3-9-17)16-19-14(24-20-16)12-13-6-7-15(25-13)26(22,23)21-10-4-1-5-11-21/h6-7H,1-5,8-12,18H2. The number of hydrogen-bond acceptors (Lipinski definition) is 7. The molecule has 2 N–H and O–H groups in total. The Bertz CT molecular complexity index is 862. The first-order valence-corrected chi connectivity index (χ1v) is 11.4. The Kier molecular flexibility index (Phi) is 4.89. The van der Waals surface area contributed by atoms with E-state index in [1.54, 1.807) is 10.4 Å². The van der Waals surface area contributed by atoms with Gasteiger partial charge in [0.15, 0.2) is 5.82 Å². The average molecular weight is 397 g/mol. The maximum Gasteiger partial charge on any atom is 0.252 e. The third-order valence-electron chi connectivity index (χ3n) is 5.28. The molecule has 1 aliphatic heterocycles.